The van der Waals surface area contributed by atoms with Crippen LogP contribution in [-0.4, -0.2) is 64.4 Å². The highest BCUT2D eigenvalue weighted by Crippen LogP contribution is 2.25. The van der Waals surface area contributed by atoms with Crippen molar-refractivity contribution in [3.8, 4) is 5.75 Å². The van der Waals surface area contributed by atoms with Crippen molar-refractivity contribution in [2.75, 3.05) is 19.7 Å². The molecule has 0 aromatic heterocycles. The van der Waals surface area contributed by atoms with Gasteiger partial charge in [0, 0.05) is 19.5 Å². The molecule has 0 saturated heterocycles. The summed E-state index contributed by atoms with van der Waals surface area (Å²) < 4.78 is 5.39. The number of rotatable bonds is 12. The van der Waals surface area contributed by atoms with Gasteiger partial charge >= 0.3 is 6.09 Å². The van der Waals surface area contributed by atoms with Crippen molar-refractivity contribution in [3.63, 3.8) is 0 Å². The third-order valence-electron chi connectivity index (χ3n) is 5.49. The van der Waals surface area contributed by atoms with Crippen LogP contribution in [0, 0.1) is 0 Å². The van der Waals surface area contributed by atoms with Crippen LogP contribution >= 0.6 is 0 Å². The first-order valence-corrected chi connectivity index (χ1v) is 12.6. The fraction of sp³-hybridized carbons (Fsp3) is 0.464. The molecular weight excluding hydrogens is 474 g/mol. The van der Waals surface area contributed by atoms with E-state index in [9.17, 15) is 24.6 Å². The Morgan fingerprint density at radius 3 is 2.24 bits per heavy atom. The third kappa shape index (κ3) is 9.76. The van der Waals surface area contributed by atoms with Crippen LogP contribution in [0.15, 0.2) is 54.6 Å². The van der Waals surface area contributed by atoms with Gasteiger partial charge in [0.25, 0.3) is 0 Å². The number of ether oxygens (including phenoxy) is 1. The van der Waals surface area contributed by atoms with Crippen LogP contribution in [0.3, 0.4) is 0 Å². The second-order valence-corrected chi connectivity index (χ2v) is 9.78. The van der Waals surface area contributed by atoms with Gasteiger partial charge in [-0.05, 0) is 50.5 Å². The topological polar surface area (TPSA) is 128 Å². The fourth-order valence-electron chi connectivity index (χ4n) is 3.79. The minimum atomic E-state index is -1.09. The number of amides is 3. The average Bonchev–Trinajstić information content (AvgIpc) is 2.83. The molecule has 0 radical (unpaired) electrons. The number of alkyl carbamates (subject to hydrolysis) is 1. The predicted octanol–water partition coefficient (Wildman–Crippen LogP) is 3.31. The van der Waals surface area contributed by atoms with Crippen LogP contribution < -0.4 is 10.6 Å². The molecule has 0 fully saturated rings. The van der Waals surface area contributed by atoms with Gasteiger partial charge in [0.2, 0.25) is 11.8 Å². The van der Waals surface area contributed by atoms with Gasteiger partial charge in [0.1, 0.15) is 23.4 Å². The monoisotopic (exact) mass is 513 g/mol. The van der Waals surface area contributed by atoms with E-state index < -0.39 is 42.2 Å². The number of phenolic OH excluding ortho intramolecular Hbond substituents is 1. The Hall–Kier alpha value is -3.59. The van der Waals surface area contributed by atoms with Crippen molar-refractivity contribution >= 4 is 17.9 Å². The first kappa shape index (κ1) is 29.6. The summed E-state index contributed by atoms with van der Waals surface area (Å²) in [5.41, 5.74) is 0.488. The van der Waals surface area contributed by atoms with Gasteiger partial charge in [-0.25, -0.2) is 4.79 Å². The first-order valence-electron chi connectivity index (χ1n) is 12.6. The van der Waals surface area contributed by atoms with E-state index in [1.54, 1.807) is 32.9 Å². The summed E-state index contributed by atoms with van der Waals surface area (Å²) >= 11 is 0. The number of aliphatic hydroxyl groups is 1. The van der Waals surface area contributed by atoms with Gasteiger partial charge in [-0.3, -0.25) is 9.59 Å². The van der Waals surface area contributed by atoms with Crippen LogP contribution in [0.1, 0.15) is 57.7 Å². The molecule has 3 amide bonds. The van der Waals surface area contributed by atoms with Crippen LogP contribution in [0.2, 0.25) is 0 Å². The van der Waals surface area contributed by atoms with Crippen molar-refractivity contribution in [2.24, 2.45) is 0 Å². The van der Waals surface area contributed by atoms with Crippen LogP contribution in [0.4, 0.5) is 4.79 Å². The van der Waals surface area contributed by atoms with Crippen molar-refractivity contribution in [2.45, 2.75) is 64.6 Å². The summed E-state index contributed by atoms with van der Waals surface area (Å²) in [5, 5.41) is 25.1. The minimum absolute atomic E-state index is 0.0162. The molecule has 0 saturated carbocycles. The Morgan fingerprint density at radius 1 is 1.03 bits per heavy atom. The van der Waals surface area contributed by atoms with E-state index in [0.29, 0.717) is 12.1 Å². The standard InChI is InChI=1S/C28H39N3O6/c1-5-6-16-29-25(34)24(21-12-14-22(33)15-13-21)31(17-18-32)26(35)23(19-20-10-8-7-9-11-20)30-27(36)37-28(2,3)4/h7-15,23-24,32-33H,5-6,16-19H2,1-4H3,(H,29,34)(H,30,36). The van der Waals surface area contributed by atoms with E-state index in [-0.39, 0.29) is 18.7 Å². The van der Waals surface area contributed by atoms with E-state index >= 15 is 0 Å². The lowest BCUT2D eigenvalue weighted by atomic mass is 10.00. The number of phenols is 1. The van der Waals surface area contributed by atoms with E-state index in [0.717, 1.165) is 18.4 Å². The summed E-state index contributed by atoms with van der Waals surface area (Å²) in [6.07, 6.45) is 1.03. The smallest absolute Gasteiger partial charge is 0.408 e. The summed E-state index contributed by atoms with van der Waals surface area (Å²) in [5.74, 6) is -0.952. The lowest BCUT2D eigenvalue weighted by molar-refractivity contribution is -0.143. The average molecular weight is 514 g/mol. The Balaban J connectivity index is 2.46. The number of carbonyl (C=O) groups excluding carboxylic acids is 3. The number of benzene rings is 2. The van der Waals surface area contributed by atoms with Gasteiger partial charge in [0.05, 0.1) is 6.61 Å². The minimum Gasteiger partial charge on any atom is -0.508 e. The number of carbonyl (C=O) groups is 3. The summed E-state index contributed by atoms with van der Waals surface area (Å²) in [4.78, 5) is 41.3. The highest BCUT2D eigenvalue weighted by molar-refractivity contribution is 5.92. The highest BCUT2D eigenvalue weighted by Gasteiger charge is 2.36. The molecule has 2 atom stereocenters. The molecular formula is C28H39N3O6. The molecule has 0 heterocycles. The Bertz CT molecular complexity index is 1000. The second kappa shape index (κ2) is 14.2. The molecule has 2 aromatic carbocycles. The zero-order chi connectivity index (χ0) is 27.4. The summed E-state index contributed by atoms with van der Waals surface area (Å²) in [7, 11) is 0. The molecule has 37 heavy (non-hydrogen) atoms. The normalized spacial score (nSPS) is 12.8. The number of nitrogens with zero attached hydrogens (tertiary/aromatic N) is 1. The van der Waals surface area contributed by atoms with Crippen LogP contribution in [-0.2, 0) is 20.7 Å². The molecule has 4 N–H and O–H groups in total. The maximum Gasteiger partial charge on any atom is 0.408 e. The zero-order valence-corrected chi connectivity index (χ0v) is 22.1. The SMILES string of the molecule is CCCCNC(=O)C(c1ccc(O)cc1)N(CCO)C(=O)C(Cc1ccccc1)NC(=O)OC(C)(C)C. The van der Waals surface area contributed by atoms with Crippen LogP contribution in [0.25, 0.3) is 0 Å². The zero-order valence-electron chi connectivity index (χ0n) is 22.1. The van der Waals surface area contributed by atoms with Crippen molar-refractivity contribution < 1.29 is 29.3 Å². The maximum absolute atomic E-state index is 14.0. The lowest BCUT2D eigenvalue weighted by Gasteiger charge is -2.34. The summed E-state index contributed by atoms with van der Waals surface area (Å²) in [6.45, 7) is 7.05. The summed E-state index contributed by atoms with van der Waals surface area (Å²) in [6, 6.07) is 13.0. The quantitative estimate of drug-likeness (QED) is 0.323. The number of nitrogens with one attached hydrogen (secondary N) is 2. The first-order chi connectivity index (χ1) is 17.6. The van der Waals surface area contributed by atoms with E-state index in [1.165, 1.54) is 17.0 Å². The van der Waals surface area contributed by atoms with Crippen LogP contribution in [0.5, 0.6) is 5.75 Å². The molecule has 9 heteroatoms. The molecule has 202 valence electrons. The molecule has 0 bridgehead atoms. The molecule has 2 unspecified atom stereocenters. The molecule has 0 aliphatic carbocycles. The van der Waals surface area contributed by atoms with Gasteiger partial charge in [0.15, 0.2) is 0 Å². The Kier molecular flexibility index (Phi) is 11.4. The van der Waals surface area contributed by atoms with Crippen molar-refractivity contribution in [1.29, 1.82) is 0 Å². The molecule has 2 rings (SSSR count). The Morgan fingerprint density at radius 2 is 1.68 bits per heavy atom. The number of hydrogen-bond acceptors (Lipinski definition) is 6. The second-order valence-electron chi connectivity index (χ2n) is 9.78. The lowest BCUT2D eigenvalue weighted by Crippen LogP contribution is -2.54. The van der Waals surface area contributed by atoms with Crippen molar-refractivity contribution in [1.82, 2.24) is 15.5 Å². The molecule has 2 aromatic rings. The highest BCUT2D eigenvalue weighted by atomic mass is 16.6. The largest absolute Gasteiger partial charge is 0.508 e. The fourth-order valence-corrected chi connectivity index (χ4v) is 3.79. The van der Waals surface area contributed by atoms with E-state index in [1.807, 2.05) is 37.3 Å². The van der Waals surface area contributed by atoms with Gasteiger partial charge in [-0.1, -0.05) is 55.8 Å². The number of aliphatic hydroxyl groups excluding tert-OH is 1. The number of unbranched alkanes of at least 4 members (excludes halogenated alkanes) is 1. The van der Waals surface area contributed by atoms with Gasteiger partial charge in [-0.2, -0.15) is 0 Å². The van der Waals surface area contributed by atoms with E-state index in [2.05, 4.69) is 10.6 Å². The van der Waals surface area contributed by atoms with E-state index in [4.69, 9.17) is 4.74 Å². The molecule has 0 aliphatic heterocycles. The molecule has 9 nitrogen and oxygen atoms in total. The maximum atomic E-state index is 14.0. The van der Waals surface area contributed by atoms with Gasteiger partial charge < -0.3 is 30.5 Å². The van der Waals surface area contributed by atoms with Gasteiger partial charge in [-0.15, -0.1) is 0 Å². The third-order valence-corrected chi connectivity index (χ3v) is 5.49. The predicted molar refractivity (Wildman–Crippen MR) is 141 cm³/mol. The van der Waals surface area contributed by atoms with Crippen molar-refractivity contribution in [3.05, 3.63) is 65.7 Å². The number of hydrogen-bond donors (Lipinski definition) is 4. The number of aromatic hydroxyl groups is 1. The molecule has 0 spiro atoms. The molecule has 0 aliphatic rings. The Labute approximate surface area is 218 Å².